The first-order valence-corrected chi connectivity index (χ1v) is 13.3. The van der Waals surface area contributed by atoms with Gasteiger partial charge >= 0.3 is 5.69 Å². The van der Waals surface area contributed by atoms with Crippen molar-refractivity contribution in [3.8, 4) is 11.3 Å². The molecule has 0 atom stereocenters. The van der Waals surface area contributed by atoms with Crippen molar-refractivity contribution in [2.75, 3.05) is 36.8 Å². The Morgan fingerprint density at radius 3 is 2.62 bits per heavy atom. The van der Waals surface area contributed by atoms with Crippen molar-refractivity contribution < 1.29 is 9.18 Å². The Hall–Kier alpha value is -2.72. The van der Waals surface area contributed by atoms with Crippen molar-refractivity contribution in [3.63, 3.8) is 0 Å². The molecule has 34 heavy (non-hydrogen) atoms. The van der Waals surface area contributed by atoms with Crippen LogP contribution in [0, 0.1) is 5.82 Å². The van der Waals surface area contributed by atoms with Crippen LogP contribution in [-0.2, 0) is 4.79 Å². The monoisotopic (exact) mass is 501 g/mol. The fraction of sp³-hybridized carbons (Fsp3) is 0.417. The number of aromatic amines is 1. The number of thiazole rings is 1. The molecular weight excluding hydrogens is 473 g/mol. The van der Waals surface area contributed by atoms with Gasteiger partial charge < -0.3 is 9.80 Å². The number of hydrogen-bond acceptors (Lipinski definition) is 7. The lowest BCUT2D eigenvalue weighted by Gasteiger charge is -2.31. The van der Waals surface area contributed by atoms with Gasteiger partial charge in [0.05, 0.1) is 22.7 Å². The predicted molar refractivity (Wildman–Crippen MR) is 135 cm³/mol. The standard InChI is InChI=1S/C24H28FN5O2S2/c1-3-29(4-2)18-7-5-16(6-8-18)20-14-33-22(27-20)17-9-11-30(12-10-17)21(31)15-34-23-19(25)13-26-24(32)28-23/h5-8,13-14,17H,3-4,9-12,15H2,1-2H3,(H,26,28,32). The van der Waals surface area contributed by atoms with Crippen molar-refractivity contribution >= 4 is 34.7 Å². The van der Waals surface area contributed by atoms with Crippen LogP contribution in [0.2, 0.25) is 0 Å². The Kier molecular flexibility index (Phi) is 7.99. The second-order valence-corrected chi connectivity index (χ2v) is 9.97. The van der Waals surface area contributed by atoms with E-state index >= 15 is 0 Å². The number of hydrogen-bond donors (Lipinski definition) is 1. The molecule has 3 heterocycles. The number of benzene rings is 1. The smallest absolute Gasteiger partial charge is 0.345 e. The SMILES string of the molecule is CCN(CC)c1ccc(-c2csc(C3CCN(C(=O)CSc4[nH]c(=O)ncc4F)CC3)n2)cc1. The van der Waals surface area contributed by atoms with Crippen molar-refractivity contribution in [1.29, 1.82) is 0 Å². The van der Waals surface area contributed by atoms with E-state index in [0.717, 1.165) is 60.2 Å². The maximum Gasteiger partial charge on any atom is 0.345 e. The van der Waals surface area contributed by atoms with Gasteiger partial charge in [-0.1, -0.05) is 23.9 Å². The van der Waals surface area contributed by atoms with Gasteiger partial charge in [-0.2, -0.15) is 4.98 Å². The fourth-order valence-electron chi connectivity index (χ4n) is 4.11. The van der Waals surface area contributed by atoms with Crippen molar-refractivity contribution in [2.45, 2.75) is 37.6 Å². The molecule has 4 rings (SSSR count). The van der Waals surface area contributed by atoms with E-state index in [9.17, 15) is 14.0 Å². The average Bonchev–Trinajstić information content (AvgIpc) is 3.36. The summed E-state index contributed by atoms with van der Waals surface area (Å²) in [4.78, 5) is 38.5. The Bertz CT molecular complexity index is 1170. The number of amides is 1. The summed E-state index contributed by atoms with van der Waals surface area (Å²) in [5, 5.41) is 3.27. The third kappa shape index (κ3) is 5.67. The number of halogens is 1. The summed E-state index contributed by atoms with van der Waals surface area (Å²) in [5.41, 5.74) is 2.70. The fourth-order valence-corrected chi connectivity index (χ4v) is 5.91. The number of anilines is 1. The lowest BCUT2D eigenvalue weighted by atomic mass is 9.97. The third-order valence-electron chi connectivity index (χ3n) is 6.08. The van der Waals surface area contributed by atoms with Crippen LogP contribution < -0.4 is 10.6 Å². The van der Waals surface area contributed by atoms with E-state index in [4.69, 9.17) is 4.98 Å². The first-order chi connectivity index (χ1) is 16.5. The summed E-state index contributed by atoms with van der Waals surface area (Å²) in [6, 6.07) is 8.56. The van der Waals surface area contributed by atoms with Gasteiger partial charge in [-0.15, -0.1) is 11.3 Å². The van der Waals surface area contributed by atoms with Crippen LogP contribution in [0.15, 0.2) is 45.7 Å². The maximum atomic E-state index is 13.7. The minimum absolute atomic E-state index is 0.0451. The molecule has 0 bridgehead atoms. The number of nitrogens with one attached hydrogen (secondary N) is 1. The molecule has 0 spiro atoms. The van der Waals surface area contributed by atoms with Crippen molar-refractivity contribution in [1.82, 2.24) is 19.9 Å². The lowest BCUT2D eigenvalue weighted by molar-refractivity contribution is -0.129. The second kappa shape index (κ2) is 11.1. The van der Waals surface area contributed by atoms with Crippen LogP contribution in [0.5, 0.6) is 0 Å². The van der Waals surface area contributed by atoms with Gasteiger partial charge in [-0.3, -0.25) is 9.78 Å². The highest BCUT2D eigenvalue weighted by Crippen LogP contribution is 2.33. The molecule has 0 radical (unpaired) electrons. The minimum atomic E-state index is -0.627. The molecule has 1 amide bonds. The molecule has 1 aromatic carbocycles. The number of carbonyl (C=O) groups is 1. The van der Waals surface area contributed by atoms with Crippen LogP contribution in [0.25, 0.3) is 11.3 Å². The largest absolute Gasteiger partial charge is 0.372 e. The molecule has 180 valence electrons. The average molecular weight is 502 g/mol. The summed E-state index contributed by atoms with van der Waals surface area (Å²) >= 11 is 2.67. The van der Waals surface area contributed by atoms with Gasteiger partial charge in [0.25, 0.3) is 0 Å². The number of thioether (sulfide) groups is 1. The molecule has 2 aromatic heterocycles. The first kappa shape index (κ1) is 24.4. The number of H-pyrrole nitrogens is 1. The molecule has 3 aromatic rings. The molecule has 10 heteroatoms. The highest BCUT2D eigenvalue weighted by atomic mass is 32.2. The molecule has 0 unspecified atom stereocenters. The molecular formula is C24H28FN5O2S2. The molecule has 0 saturated carbocycles. The lowest BCUT2D eigenvalue weighted by Crippen LogP contribution is -2.39. The van der Waals surface area contributed by atoms with Crippen molar-refractivity contribution in [2.24, 2.45) is 0 Å². The number of rotatable bonds is 8. The minimum Gasteiger partial charge on any atom is -0.372 e. The number of piperidine rings is 1. The highest BCUT2D eigenvalue weighted by Gasteiger charge is 2.26. The first-order valence-electron chi connectivity index (χ1n) is 11.4. The Labute approximate surface area is 206 Å². The highest BCUT2D eigenvalue weighted by molar-refractivity contribution is 7.99. The molecule has 1 aliphatic rings. The van der Waals surface area contributed by atoms with Gasteiger partial charge in [0.1, 0.15) is 5.03 Å². The van der Waals surface area contributed by atoms with Crippen LogP contribution in [0.3, 0.4) is 0 Å². The van der Waals surface area contributed by atoms with Crippen LogP contribution in [0.1, 0.15) is 37.6 Å². The second-order valence-electron chi connectivity index (χ2n) is 8.10. The normalized spacial score (nSPS) is 14.4. The molecule has 1 fully saturated rings. The van der Waals surface area contributed by atoms with E-state index in [-0.39, 0.29) is 16.7 Å². The van der Waals surface area contributed by atoms with E-state index in [1.807, 2.05) is 0 Å². The summed E-state index contributed by atoms with van der Waals surface area (Å²) < 4.78 is 13.7. The summed E-state index contributed by atoms with van der Waals surface area (Å²) in [6.45, 7) is 7.57. The van der Waals surface area contributed by atoms with Gasteiger partial charge in [0, 0.05) is 48.7 Å². The zero-order chi connectivity index (χ0) is 24.1. The van der Waals surface area contributed by atoms with E-state index in [1.54, 1.807) is 16.2 Å². The summed E-state index contributed by atoms with van der Waals surface area (Å²) in [5.74, 6) is -0.279. The molecule has 1 N–H and O–H groups in total. The topological polar surface area (TPSA) is 82.2 Å². The van der Waals surface area contributed by atoms with Crippen LogP contribution in [-0.4, -0.2) is 57.7 Å². The zero-order valence-corrected chi connectivity index (χ0v) is 20.9. The van der Waals surface area contributed by atoms with E-state index in [1.165, 1.54) is 5.69 Å². The number of nitrogens with zero attached hydrogens (tertiary/aromatic N) is 4. The zero-order valence-electron chi connectivity index (χ0n) is 19.3. The van der Waals surface area contributed by atoms with E-state index in [0.29, 0.717) is 19.0 Å². The number of likely N-dealkylation sites (tertiary alicyclic amines) is 1. The number of aromatic nitrogens is 3. The Balaban J connectivity index is 1.31. The third-order valence-corrected chi connectivity index (χ3v) is 8.07. The van der Waals surface area contributed by atoms with Gasteiger partial charge in [0.2, 0.25) is 5.91 Å². The quantitative estimate of drug-likeness (QED) is 0.364. The van der Waals surface area contributed by atoms with Gasteiger partial charge in [-0.25, -0.2) is 14.2 Å². The predicted octanol–water partition coefficient (Wildman–Crippen LogP) is 4.38. The molecule has 7 nitrogen and oxygen atoms in total. The maximum absolute atomic E-state index is 13.7. The Morgan fingerprint density at radius 1 is 1.24 bits per heavy atom. The molecule has 1 aliphatic heterocycles. The van der Waals surface area contributed by atoms with E-state index in [2.05, 4.69) is 58.4 Å². The van der Waals surface area contributed by atoms with Gasteiger partial charge in [0.15, 0.2) is 5.82 Å². The summed E-state index contributed by atoms with van der Waals surface area (Å²) in [6.07, 6.45) is 2.58. The summed E-state index contributed by atoms with van der Waals surface area (Å²) in [7, 11) is 0. The van der Waals surface area contributed by atoms with Crippen molar-refractivity contribution in [3.05, 3.63) is 57.2 Å². The van der Waals surface area contributed by atoms with Crippen LogP contribution in [0.4, 0.5) is 10.1 Å². The Morgan fingerprint density at radius 2 is 1.94 bits per heavy atom. The number of carbonyl (C=O) groups excluding carboxylic acids is 1. The van der Waals surface area contributed by atoms with E-state index < -0.39 is 11.5 Å². The van der Waals surface area contributed by atoms with Crippen LogP contribution >= 0.6 is 23.1 Å². The molecule has 1 saturated heterocycles. The van der Waals surface area contributed by atoms with Gasteiger partial charge in [-0.05, 0) is 38.8 Å². The molecule has 0 aliphatic carbocycles.